The van der Waals surface area contributed by atoms with Crippen molar-refractivity contribution >= 4 is 23.7 Å². The molecule has 0 spiro atoms. The van der Waals surface area contributed by atoms with Crippen LogP contribution in [0.15, 0.2) is 54.6 Å². The van der Waals surface area contributed by atoms with Gasteiger partial charge in [0.1, 0.15) is 23.9 Å². The molecule has 37 heavy (non-hydrogen) atoms. The molecule has 7 N–H and O–H groups in total. The second-order valence-corrected chi connectivity index (χ2v) is 9.49. The number of aliphatic carboxylic acids is 1. The summed E-state index contributed by atoms with van der Waals surface area (Å²) >= 11 is 0. The molecule has 10 nitrogen and oxygen atoms in total. The number of hydrogen-bond donors (Lipinski definition) is 6. The highest BCUT2D eigenvalue weighted by molar-refractivity contribution is 5.94. The summed E-state index contributed by atoms with van der Waals surface area (Å²) in [6.07, 6.45) is 0.612. The van der Waals surface area contributed by atoms with Gasteiger partial charge in [0.05, 0.1) is 6.04 Å². The maximum absolute atomic E-state index is 13.3. The molecule has 3 amide bonds. The average Bonchev–Trinajstić information content (AvgIpc) is 2.84. The van der Waals surface area contributed by atoms with Crippen LogP contribution < -0.4 is 21.7 Å². The quantitative estimate of drug-likeness (QED) is 0.233. The molecule has 0 saturated heterocycles. The Morgan fingerprint density at radius 3 is 1.86 bits per heavy atom. The summed E-state index contributed by atoms with van der Waals surface area (Å²) in [6, 6.07) is 11.3. The Labute approximate surface area is 216 Å². The fraction of sp³-hybridized carbons (Fsp3) is 0.407. The van der Waals surface area contributed by atoms with Crippen LogP contribution in [0.2, 0.25) is 0 Å². The van der Waals surface area contributed by atoms with Gasteiger partial charge in [-0.3, -0.25) is 19.2 Å². The third-order valence-corrected chi connectivity index (χ3v) is 5.71. The standard InChI is InChI=1S/C27H36N4O6/c1-16(2)13-22(25(34)29-17(3)27(36)37)31-26(35)23(15-19-9-11-20(32)12-10-19)30-24(33)21(28)14-18-7-5-4-6-8-18/h4-12,16-17,21-23,32H,13-15,28H2,1-3H3,(H,29,34)(H,30,33)(H,31,35)(H,36,37). The van der Waals surface area contributed by atoms with Crippen molar-refractivity contribution in [1.82, 2.24) is 16.0 Å². The van der Waals surface area contributed by atoms with E-state index < -0.39 is 47.9 Å². The van der Waals surface area contributed by atoms with Crippen LogP contribution in [0.4, 0.5) is 0 Å². The predicted molar refractivity (Wildman–Crippen MR) is 138 cm³/mol. The van der Waals surface area contributed by atoms with Gasteiger partial charge in [-0.2, -0.15) is 0 Å². The van der Waals surface area contributed by atoms with Gasteiger partial charge in [0.2, 0.25) is 17.7 Å². The number of rotatable bonds is 13. The van der Waals surface area contributed by atoms with Gasteiger partial charge < -0.3 is 31.9 Å². The number of aromatic hydroxyl groups is 1. The summed E-state index contributed by atoms with van der Waals surface area (Å²) in [5, 5.41) is 26.5. The number of carboxylic acid groups (broad SMARTS) is 1. The van der Waals surface area contributed by atoms with Crippen LogP contribution in [0.3, 0.4) is 0 Å². The first-order valence-corrected chi connectivity index (χ1v) is 12.2. The molecule has 4 atom stereocenters. The molecule has 4 unspecified atom stereocenters. The van der Waals surface area contributed by atoms with Gasteiger partial charge in [-0.1, -0.05) is 56.3 Å². The van der Waals surface area contributed by atoms with Gasteiger partial charge in [0.25, 0.3) is 0 Å². The van der Waals surface area contributed by atoms with Crippen molar-refractivity contribution in [2.24, 2.45) is 11.7 Å². The molecule has 0 aromatic heterocycles. The van der Waals surface area contributed by atoms with E-state index in [-0.39, 0.29) is 30.9 Å². The molecule has 0 aliphatic heterocycles. The fourth-order valence-electron chi connectivity index (χ4n) is 3.67. The Bertz CT molecular complexity index is 1060. The van der Waals surface area contributed by atoms with Crippen molar-refractivity contribution in [3.63, 3.8) is 0 Å². The van der Waals surface area contributed by atoms with Crippen LogP contribution in [-0.4, -0.2) is 58.1 Å². The van der Waals surface area contributed by atoms with E-state index in [0.717, 1.165) is 5.56 Å². The third kappa shape index (κ3) is 9.92. The Kier molecular flexibility index (Phi) is 11.1. The Morgan fingerprint density at radius 1 is 0.757 bits per heavy atom. The normalized spacial score (nSPS) is 14.2. The summed E-state index contributed by atoms with van der Waals surface area (Å²) in [7, 11) is 0. The zero-order valence-corrected chi connectivity index (χ0v) is 21.3. The molecule has 2 aromatic carbocycles. The average molecular weight is 513 g/mol. The number of benzene rings is 2. The lowest BCUT2D eigenvalue weighted by atomic mass is 10.00. The minimum Gasteiger partial charge on any atom is -0.508 e. The zero-order valence-electron chi connectivity index (χ0n) is 21.3. The number of phenolic OH excluding ortho intramolecular Hbond substituents is 1. The van der Waals surface area contributed by atoms with E-state index in [0.29, 0.717) is 5.56 Å². The molecule has 0 saturated carbocycles. The topological polar surface area (TPSA) is 171 Å². The molecule has 2 rings (SSSR count). The number of amides is 3. The largest absolute Gasteiger partial charge is 0.508 e. The molecule has 0 fully saturated rings. The number of hydrogen-bond acceptors (Lipinski definition) is 6. The van der Waals surface area contributed by atoms with Crippen LogP contribution in [0.25, 0.3) is 0 Å². The Hall–Kier alpha value is -3.92. The first-order valence-electron chi connectivity index (χ1n) is 12.2. The number of carbonyl (C=O) groups is 4. The number of carboxylic acids is 1. The van der Waals surface area contributed by atoms with Crippen LogP contribution in [0.1, 0.15) is 38.3 Å². The SMILES string of the molecule is CC(C)CC(NC(=O)C(Cc1ccc(O)cc1)NC(=O)C(N)Cc1ccccc1)C(=O)NC(C)C(=O)O. The van der Waals surface area contributed by atoms with Gasteiger partial charge in [-0.15, -0.1) is 0 Å². The monoisotopic (exact) mass is 512 g/mol. The predicted octanol–water partition coefficient (Wildman–Crippen LogP) is 1.11. The molecule has 0 aliphatic carbocycles. The molecule has 0 radical (unpaired) electrons. The maximum atomic E-state index is 13.3. The lowest BCUT2D eigenvalue weighted by Crippen LogP contribution is -2.57. The van der Waals surface area contributed by atoms with Gasteiger partial charge in [-0.25, -0.2) is 0 Å². The summed E-state index contributed by atoms with van der Waals surface area (Å²) in [5.74, 6) is -2.91. The Balaban J connectivity index is 2.21. The summed E-state index contributed by atoms with van der Waals surface area (Å²) in [5.41, 5.74) is 7.65. The first kappa shape index (κ1) is 29.3. The van der Waals surface area contributed by atoms with Crippen molar-refractivity contribution in [3.05, 3.63) is 65.7 Å². The van der Waals surface area contributed by atoms with Gasteiger partial charge in [0, 0.05) is 6.42 Å². The summed E-state index contributed by atoms with van der Waals surface area (Å²) < 4.78 is 0. The van der Waals surface area contributed by atoms with Crippen molar-refractivity contribution in [1.29, 1.82) is 0 Å². The van der Waals surface area contributed by atoms with Gasteiger partial charge >= 0.3 is 5.97 Å². The lowest BCUT2D eigenvalue weighted by Gasteiger charge is -2.26. The number of nitrogens with one attached hydrogen (secondary N) is 3. The van der Waals surface area contributed by atoms with Gasteiger partial charge in [0.15, 0.2) is 0 Å². The minimum absolute atomic E-state index is 0.0145. The van der Waals surface area contributed by atoms with Crippen molar-refractivity contribution in [3.8, 4) is 5.75 Å². The van der Waals surface area contributed by atoms with Gasteiger partial charge in [-0.05, 0) is 48.9 Å². The van der Waals surface area contributed by atoms with E-state index in [4.69, 9.17) is 10.8 Å². The Morgan fingerprint density at radius 2 is 1.30 bits per heavy atom. The molecular formula is C27H36N4O6. The van der Waals surface area contributed by atoms with E-state index in [1.807, 2.05) is 44.2 Å². The third-order valence-electron chi connectivity index (χ3n) is 5.71. The highest BCUT2D eigenvalue weighted by Gasteiger charge is 2.30. The molecule has 0 aliphatic rings. The van der Waals surface area contributed by atoms with Crippen molar-refractivity contribution in [2.75, 3.05) is 0 Å². The van der Waals surface area contributed by atoms with Crippen LogP contribution >= 0.6 is 0 Å². The fourth-order valence-corrected chi connectivity index (χ4v) is 3.67. The van der Waals surface area contributed by atoms with E-state index in [9.17, 15) is 24.3 Å². The van der Waals surface area contributed by atoms with E-state index in [1.54, 1.807) is 12.1 Å². The van der Waals surface area contributed by atoms with E-state index >= 15 is 0 Å². The number of phenols is 1. The minimum atomic E-state index is -1.20. The molecule has 0 bridgehead atoms. The van der Waals surface area contributed by atoms with E-state index in [1.165, 1.54) is 19.1 Å². The second-order valence-electron chi connectivity index (χ2n) is 9.49. The smallest absolute Gasteiger partial charge is 0.325 e. The molecule has 0 heterocycles. The summed E-state index contributed by atoms with van der Waals surface area (Å²) in [6.45, 7) is 5.06. The highest BCUT2D eigenvalue weighted by Crippen LogP contribution is 2.13. The molecular weight excluding hydrogens is 476 g/mol. The number of nitrogens with two attached hydrogens (primary N) is 1. The highest BCUT2D eigenvalue weighted by atomic mass is 16.4. The summed E-state index contributed by atoms with van der Waals surface area (Å²) in [4.78, 5) is 50.2. The number of carbonyl (C=O) groups excluding carboxylic acids is 3. The lowest BCUT2D eigenvalue weighted by molar-refractivity contribution is -0.141. The van der Waals surface area contributed by atoms with Crippen LogP contribution in [0.5, 0.6) is 5.75 Å². The van der Waals surface area contributed by atoms with E-state index in [2.05, 4.69) is 16.0 Å². The van der Waals surface area contributed by atoms with Crippen molar-refractivity contribution < 1.29 is 29.4 Å². The van der Waals surface area contributed by atoms with Crippen molar-refractivity contribution in [2.45, 2.75) is 64.2 Å². The zero-order chi connectivity index (χ0) is 27.5. The maximum Gasteiger partial charge on any atom is 0.325 e. The van der Waals surface area contributed by atoms with Crippen LogP contribution in [0, 0.1) is 5.92 Å². The molecule has 200 valence electrons. The first-order chi connectivity index (χ1) is 17.5. The second kappa shape index (κ2) is 14.0. The molecule has 2 aromatic rings. The molecule has 10 heteroatoms. The van der Waals surface area contributed by atoms with Crippen LogP contribution in [-0.2, 0) is 32.0 Å².